The number of nitrogens with zero attached hydrogens (tertiary/aromatic N) is 2. The second kappa shape index (κ2) is 7.75. The molecule has 0 atom stereocenters. The number of rotatable bonds is 3. The summed E-state index contributed by atoms with van der Waals surface area (Å²) in [6, 6.07) is 19.2. The molecular weight excluding hydrogens is 402 g/mol. The third kappa shape index (κ3) is 3.65. The molecule has 4 aromatic rings. The van der Waals surface area contributed by atoms with Crippen LogP contribution in [0.3, 0.4) is 0 Å². The van der Waals surface area contributed by atoms with Crippen LogP contribution in [-0.2, 0) is 0 Å². The largest absolute Gasteiger partial charge is 0.321 e. The number of nitriles is 1. The fourth-order valence-corrected chi connectivity index (χ4v) is 4.68. The number of hydrogen-bond donors (Lipinski definition) is 1. The normalized spacial score (nSPS) is 10.8. The van der Waals surface area contributed by atoms with E-state index < -0.39 is 0 Å². The highest BCUT2D eigenvalue weighted by Crippen LogP contribution is 2.39. The number of nitrogens with one attached hydrogen (secondary N) is 1. The van der Waals surface area contributed by atoms with Gasteiger partial charge in [-0.1, -0.05) is 53.7 Å². The molecule has 2 aromatic carbocycles. The predicted molar refractivity (Wildman–Crippen MR) is 118 cm³/mol. The van der Waals surface area contributed by atoms with Crippen molar-refractivity contribution in [3.63, 3.8) is 0 Å². The number of aromatic amines is 1. The van der Waals surface area contributed by atoms with Gasteiger partial charge in [-0.25, -0.2) is 4.98 Å². The molecule has 0 aliphatic carbocycles. The molecule has 6 heteroatoms. The van der Waals surface area contributed by atoms with Gasteiger partial charge < -0.3 is 4.98 Å². The molecule has 2 heterocycles. The highest BCUT2D eigenvalue weighted by molar-refractivity contribution is 7.99. The quantitative estimate of drug-likeness (QED) is 0.451. The Morgan fingerprint density at radius 2 is 1.86 bits per heavy atom. The molecule has 0 fully saturated rings. The van der Waals surface area contributed by atoms with Crippen molar-refractivity contribution in [2.75, 3.05) is 0 Å². The van der Waals surface area contributed by atoms with Gasteiger partial charge in [0.1, 0.15) is 11.1 Å². The van der Waals surface area contributed by atoms with Gasteiger partial charge in [0.2, 0.25) is 0 Å². The fraction of sp³-hybridized carbons (Fsp3) is 0.0870. The maximum Gasteiger partial charge on any atom is 0.263 e. The molecule has 2 aromatic heterocycles. The lowest BCUT2D eigenvalue weighted by Gasteiger charge is -2.14. The topological polar surface area (TPSA) is 69.5 Å². The molecule has 142 valence electrons. The van der Waals surface area contributed by atoms with Gasteiger partial charge in [0.05, 0.1) is 10.5 Å². The number of aromatic nitrogens is 2. The lowest BCUT2D eigenvalue weighted by molar-refractivity contribution is 1.03. The van der Waals surface area contributed by atoms with Gasteiger partial charge in [0.15, 0.2) is 0 Å². The SMILES string of the molecule is Cc1cc(C)c(C#N)c(Sc2c(-c3ccccc3)c3cc(Cl)ccc3[nH]c2=O)n1. The smallest absolute Gasteiger partial charge is 0.263 e. The number of hydrogen-bond acceptors (Lipinski definition) is 4. The maximum atomic E-state index is 13.1. The molecule has 0 aliphatic heterocycles. The summed E-state index contributed by atoms with van der Waals surface area (Å²) in [6.45, 7) is 3.75. The van der Waals surface area contributed by atoms with Crippen molar-refractivity contribution in [3.05, 3.63) is 86.8 Å². The van der Waals surface area contributed by atoms with E-state index in [9.17, 15) is 10.1 Å². The Kier molecular flexibility index (Phi) is 5.14. The third-order valence-electron chi connectivity index (χ3n) is 4.62. The Balaban J connectivity index is 2.05. The van der Waals surface area contributed by atoms with Crippen LogP contribution in [-0.4, -0.2) is 9.97 Å². The van der Waals surface area contributed by atoms with Gasteiger partial charge in [0.25, 0.3) is 5.56 Å². The maximum absolute atomic E-state index is 13.1. The van der Waals surface area contributed by atoms with Crippen molar-refractivity contribution in [3.8, 4) is 17.2 Å². The molecule has 0 saturated heterocycles. The van der Waals surface area contributed by atoms with Crippen LogP contribution in [0.2, 0.25) is 5.02 Å². The van der Waals surface area contributed by atoms with Gasteiger partial charge in [-0.3, -0.25) is 4.79 Å². The molecule has 0 aliphatic rings. The molecule has 0 amide bonds. The number of aryl methyl sites for hydroxylation is 2. The molecule has 4 nitrogen and oxygen atoms in total. The first-order valence-electron chi connectivity index (χ1n) is 8.95. The van der Waals surface area contributed by atoms with E-state index in [1.807, 2.05) is 56.3 Å². The molecule has 1 N–H and O–H groups in total. The van der Waals surface area contributed by atoms with E-state index in [-0.39, 0.29) is 5.56 Å². The predicted octanol–water partition coefficient (Wildman–Crippen LogP) is 5.88. The van der Waals surface area contributed by atoms with E-state index >= 15 is 0 Å². The van der Waals surface area contributed by atoms with Gasteiger partial charge in [-0.05, 0) is 49.2 Å². The fourth-order valence-electron chi connectivity index (χ4n) is 3.35. The van der Waals surface area contributed by atoms with Gasteiger partial charge in [-0.15, -0.1) is 0 Å². The molecule has 0 unspecified atom stereocenters. The van der Waals surface area contributed by atoms with Crippen molar-refractivity contribution in [2.24, 2.45) is 0 Å². The summed E-state index contributed by atoms with van der Waals surface area (Å²) in [5, 5.41) is 11.6. The summed E-state index contributed by atoms with van der Waals surface area (Å²) < 4.78 is 0. The van der Waals surface area contributed by atoms with Crippen molar-refractivity contribution in [1.29, 1.82) is 5.26 Å². The van der Waals surface area contributed by atoms with E-state index in [1.165, 1.54) is 11.8 Å². The molecular formula is C23H16ClN3OS. The van der Waals surface area contributed by atoms with Gasteiger partial charge >= 0.3 is 0 Å². The van der Waals surface area contributed by atoms with Crippen molar-refractivity contribution in [1.82, 2.24) is 9.97 Å². The highest BCUT2D eigenvalue weighted by Gasteiger charge is 2.19. The van der Waals surface area contributed by atoms with E-state index in [0.717, 1.165) is 27.8 Å². The Labute approximate surface area is 177 Å². The zero-order valence-electron chi connectivity index (χ0n) is 15.8. The van der Waals surface area contributed by atoms with Crippen LogP contribution in [0.15, 0.2) is 69.3 Å². The van der Waals surface area contributed by atoms with Crippen LogP contribution in [0.25, 0.3) is 22.0 Å². The minimum Gasteiger partial charge on any atom is -0.321 e. The molecule has 0 saturated carbocycles. The van der Waals surface area contributed by atoms with Gasteiger partial charge in [-0.2, -0.15) is 5.26 Å². The summed E-state index contributed by atoms with van der Waals surface area (Å²) in [5.41, 5.74) is 4.27. The molecule has 0 bridgehead atoms. The molecule has 29 heavy (non-hydrogen) atoms. The standard InChI is InChI=1S/C23H16ClN3OS/c1-13-10-14(2)26-23(18(13)12-25)29-21-20(15-6-4-3-5-7-15)17-11-16(24)8-9-19(17)27-22(21)28/h3-11H,1-2H3,(H,27,28). The first-order chi connectivity index (χ1) is 14.0. The second-order valence-corrected chi connectivity index (χ2v) is 8.12. The lowest BCUT2D eigenvalue weighted by Crippen LogP contribution is -2.11. The van der Waals surface area contributed by atoms with E-state index in [2.05, 4.69) is 16.0 Å². The molecule has 0 spiro atoms. The number of halogens is 1. The highest BCUT2D eigenvalue weighted by atomic mass is 35.5. The van der Waals surface area contributed by atoms with Crippen LogP contribution in [0.5, 0.6) is 0 Å². The number of fused-ring (bicyclic) bond motifs is 1. The Morgan fingerprint density at radius 1 is 1.10 bits per heavy atom. The van der Waals surface area contributed by atoms with Crippen LogP contribution in [0.4, 0.5) is 0 Å². The Bertz CT molecular complexity index is 1340. The van der Waals surface area contributed by atoms with E-state index in [0.29, 0.717) is 26.0 Å². The van der Waals surface area contributed by atoms with Crippen molar-refractivity contribution in [2.45, 2.75) is 23.8 Å². The zero-order chi connectivity index (χ0) is 20.5. The summed E-state index contributed by atoms with van der Waals surface area (Å²) in [4.78, 5) is 21.0. The average Bonchev–Trinajstić information content (AvgIpc) is 2.69. The number of pyridine rings is 2. The first-order valence-corrected chi connectivity index (χ1v) is 10.1. The second-order valence-electron chi connectivity index (χ2n) is 6.69. The average molecular weight is 418 g/mol. The summed E-state index contributed by atoms with van der Waals surface area (Å²) in [5.74, 6) is 0. The summed E-state index contributed by atoms with van der Waals surface area (Å²) in [7, 11) is 0. The minimum atomic E-state index is -0.228. The minimum absolute atomic E-state index is 0.228. The van der Waals surface area contributed by atoms with Crippen molar-refractivity contribution >= 4 is 34.3 Å². The van der Waals surface area contributed by atoms with E-state index in [4.69, 9.17) is 11.6 Å². The zero-order valence-corrected chi connectivity index (χ0v) is 17.4. The van der Waals surface area contributed by atoms with Crippen LogP contribution in [0, 0.1) is 25.2 Å². The van der Waals surface area contributed by atoms with Crippen LogP contribution >= 0.6 is 23.4 Å². The number of benzene rings is 2. The Morgan fingerprint density at radius 3 is 2.59 bits per heavy atom. The molecule has 0 radical (unpaired) electrons. The lowest BCUT2D eigenvalue weighted by atomic mass is 10.0. The Hall–Kier alpha value is -3.07. The first kappa shape index (κ1) is 19.3. The monoisotopic (exact) mass is 417 g/mol. The van der Waals surface area contributed by atoms with Crippen LogP contribution in [0.1, 0.15) is 16.8 Å². The summed E-state index contributed by atoms with van der Waals surface area (Å²) in [6.07, 6.45) is 0. The molecule has 4 rings (SSSR count). The van der Waals surface area contributed by atoms with Gasteiger partial charge in [0, 0.05) is 27.2 Å². The van der Waals surface area contributed by atoms with Crippen molar-refractivity contribution < 1.29 is 0 Å². The number of H-pyrrole nitrogens is 1. The van der Waals surface area contributed by atoms with E-state index in [1.54, 1.807) is 12.1 Å². The summed E-state index contributed by atoms with van der Waals surface area (Å²) >= 11 is 7.48. The van der Waals surface area contributed by atoms with Crippen LogP contribution < -0.4 is 5.56 Å². The third-order valence-corrected chi connectivity index (χ3v) is 5.93.